The van der Waals surface area contributed by atoms with E-state index in [9.17, 15) is 31.1 Å². The van der Waals surface area contributed by atoms with Gasteiger partial charge in [-0.05, 0) is 65.4 Å². The van der Waals surface area contributed by atoms with Crippen molar-refractivity contribution in [3.63, 3.8) is 0 Å². The van der Waals surface area contributed by atoms with Crippen LogP contribution in [0.5, 0.6) is 5.75 Å². The Morgan fingerprint density at radius 3 is 2.27 bits per heavy atom. The number of urea groups is 1. The summed E-state index contributed by atoms with van der Waals surface area (Å²) in [5.74, 6) is 0.145. The number of carbonyl (C=O) groups excluding carboxylic acids is 1. The summed E-state index contributed by atoms with van der Waals surface area (Å²) in [5, 5.41) is 6.84. The molecule has 1 atom stereocenters. The van der Waals surface area contributed by atoms with E-state index in [4.69, 9.17) is 0 Å². The van der Waals surface area contributed by atoms with E-state index in [0.717, 1.165) is 40.6 Å². The van der Waals surface area contributed by atoms with Crippen molar-refractivity contribution in [2.75, 3.05) is 18.0 Å². The molecule has 0 aliphatic carbocycles. The normalized spacial score (nSPS) is 12.8. The van der Waals surface area contributed by atoms with Gasteiger partial charge in [0.15, 0.2) is 11.0 Å². The molecule has 8 nitrogen and oxygen atoms in total. The van der Waals surface area contributed by atoms with Crippen molar-refractivity contribution in [1.82, 2.24) is 20.1 Å². The second-order valence-corrected chi connectivity index (χ2v) is 13.7. The number of aryl methyl sites for hydroxylation is 1. The van der Waals surface area contributed by atoms with Crippen LogP contribution >= 0.6 is 11.8 Å². The maximum Gasteiger partial charge on any atom is 0.573 e. The molecule has 0 saturated heterocycles. The van der Waals surface area contributed by atoms with Crippen LogP contribution in [0.4, 0.5) is 41.2 Å². The molecule has 0 aliphatic rings. The molecule has 0 radical (unpaired) electrons. The third kappa shape index (κ3) is 12.1. The zero-order valence-corrected chi connectivity index (χ0v) is 30.7. The van der Waals surface area contributed by atoms with Gasteiger partial charge in [-0.1, -0.05) is 92.3 Å². The van der Waals surface area contributed by atoms with Gasteiger partial charge in [0, 0.05) is 23.5 Å². The molecule has 1 unspecified atom stereocenters. The Morgan fingerprint density at radius 2 is 1.64 bits per heavy atom. The Bertz CT molecular complexity index is 2050. The van der Waals surface area contributed by atoms with E-state index in [1.807, 2.05) is 63.2 Å². The molecule has 5 aromatic rings. The first kappa shape index (κ1) is 40.8. The number of nitrogens with one attached hydrogen (secondary N) is 1. The number of aliphatic imine (C=N–C) groups is 1. The van der Waals surface area contributed by atoms with Crippen LogP contribution in [-0.4, -0.2) is 51.6 Å². The summed E-state index contributed by atoms with van der Waals surface area (Å²) in [4.78, 5) is 23.1. The van der Waals surface area contributed by atoms with Gasteiger partial charge in [0.2, 0.25) is 0 Å². The summed E-state index contributed by atoms with van der Waals surface area (Å²) in [5.41, 5.74) is 4.14. The number of benzene rings is 4. The van der Waals surface area contributed by atoms with E-state index in [1.165, 1.54) is 40.2 Å². The van der Waals surface area contributed by atoms with E-state index in [1.54, 1.807) is 18.2 Å². The van der Waals surface area contributed by atoms with Crippen molar-refractivity contribution < 1.29 is 40.3 Å². The molecule has 1 heterocycles. The van der Waals surface area contributed by atoms with E-state index in [2.05, 4.69) is 25.1 Å². The maximum atomic E-state index is 15.4. The first-order chi connectivity index (χ1) is 26.0. The van der Waals surface area contributed by atoms with E-state index in [0.29, 0.717) is 22.7 Å². The Balaban J connectivity index is 1.31. The van der Waals surface area contributed by atoms with Crippen molar-refractivity contribution in [3.05, 3.63) is 126 Å². The van der Waals surface area contributed by atoms with Gasteiger partial charge in [0.05, 0.1) is 18.7 Å². The number of thioether (sulfide) groups is 1. The number of amidine groups is 1. The molecule has 0 fully saturated rings. The molecule has 0 saturated carbocycles. The summed E-state index contributed by atoms with van der Waals surface area (Å²) < 4.78 is 99.0. The van der Waals surface area contributed by atoms with Gasteiger partial charge < -0.3 is 15.0 Å². The molecule has 0 bridgehead atoms. The molecule has 4 aromatic carbocycles. The second-order valence-electron chi connectivity index (χ2n) is 12.7. The quantitative estimate of drug-likeness (QED) is 0.0770. The lowest BCUT2D eigenvalue weighted by Gasteiger charge is -2.29. The highest BCUT2D eigenvalue weighted by molar-refractivity contribution is 8.13. The van der Waals surface area contributed by atoms with Gasteiger partial charge in [-0.15, -0.1) is 18.3 Å². The van der Waals surface area contributed by atoms with Gasteiger partial charge in [-0.3, -0.25) is 0 Å². The van der Waals surface area contributed by atoms with Gasteiger partial charge in [-0.25, -0.2) is 18.9 Å². The van der Waals surface area contributed by atoms with Crippen LogP contribution in [0.1, 0.15) is 54.6 Å². The summed E-state index contributed by atoms with van der Waals surface area (Å²) in [6, 6.07) is 25.0. The number of amides is 2. The number of anilines is 1. The monoisotopic (exact) mass is 786 g/mol. The number of nitrogens with zero attached hydrogens (tertiary/aromatic N) is 5. The molecule has 55 heavy (non-hydrogen) atoms. The molecular formula is C39H37F7N6O2S. The largest absolute Gasteiger partial charge is 0.573 e. The Kier molecular flexibility index (Phi) is 13.2. The topological polar surface area (TPSA) is 84.6 Å². The number of ether oxygens (including phenoxy) is 1. The van der Waals surface area contributed by atoms with Gasteiger partial charge in [0.1, 0.15) is 18.2 Å². The van der Waals surface area contributed by atoms with Crippen LogP contribution in [-0.2, 0) is 5.75 Å². The van der Waals surface area contributed by atoms with E-state index in [-0.39, 0.29) is 28.2 Å². The molecule has 290 valence electrons. The number of carbonyl (C=O) groups is 1. The second kappa shape index (κ2) is 17.8. The highest BCUT2D eigenvalue weighted by atomic mass is 32.2. The van der Waals surface area contributed by atoms with Crippen LogP contribution in [0.15, 0.2) is 108 Å². The number of aromatic nitrogens is 3. The fraction of sp³-hybridized carbons (Fsp3) is 0.282. The van der Waals surface area contributed by atoms with Crippen molar-refractivity contribution in [3.8, 4) is 22.8 Å². The van der Waals surface area contributed by atoms with E-state index >= 15 is 4.39 Å². The van der Waals surface area contributed by atoms with Gasteiger partial charge >= 0.3 is 18.6 Å². The zero-order chi connectivity index (χ0) is 39.8. The summed E-state index contributed by atoms with van der Waals surface area (Å²) in [7, 11) is 0. The number of alkyl halides is 7. The van der Waals surface area contributed by atoms with Crippen LogP contribution < -0.4 is 15.0 Å². The lowest BCUT2D eigenvalue weighted by molar-refractivity contribution is -0.274. The van der Waals surface area contributed by atoms with Crippen molar-refractivity contribution in [2.45, 2.75) is 57.6 Å². The van der Waals surface area contributed by atoms with Gasteiger partial charge in [0.25, 0.3) is 0 Å². The first-order valence-electron chi connectivity index (χ1n) is 17.0. The minimum absolute atomic E-state index is 0.0374. The Labute approximate surface area is 317 Å². The van der Waals surface area contributed by atoms with Crippen LogP contribution in [0.25, 0.3) is 17.1 Å². The van der Waals surface area contributed by atoms with Crippen molar-refractivity contribution in [2.24, 2.45) is 4.99 Å². The van der Waals surface area contributed by atoms with E-state index < -0.39 is 44.3 Å². The highest BCUT2D eigenvalue weighted by Crippen LogP contribution is 2.34. The lowest BCUT2D eigenvalue weighted by Crippen LogP contribution is -2.35. The zero-order valence-electron chi connectivity index (χ0n) is 29.9. The number of hydrogen-bond acceptors (Lipinski definition) is 5. The standard InChI is InChI=1S/C39H37F7N6O2S/c1-25(2)32-18-9-26(3)21-34(32)51(20-19-38(41,42)43)37(55-23-27-7-5-4-6-8-27)49-36(53)47-22-33(40)28-10-12-29(13-11-28)35-48-24-52(50-35)30-14-16-31(17-15-30)54-39(44,45)46/h4-18,21,24-25,33H,19-20,22-23H2,1-3H3,(H,47,53). The number of hydrogen-bond donors (Lipinski definition) is 1. The molecule has 0 spiro atoms. The predicted molar refractivity (Wildman–Crippen MR) is 199 cm³/mol. The smallest absolute Gasteiger partial charge is 0.406 e. The molecule has 1 aromatic heterocycles. The molecule has 16 heteroatoms. The number of halogens is 7. The minimum atomic E-state index is -4.82. The highest BCUT2D eigenvalue weighted by Gasteiger charge is 2.32. The van der Waals surface area contributed by atoms with Crippen LogP contribution in [0.2, 0.25) is 0 Å². The summed E-state index contributed by atoms with van der Waals surface area (Å²) >= 11 is 1.11. The average molecular weight is 787 g/mol. The Hall–Kier alpha value is -5.38. The summed E-state index contributed by atoms with van der Waals surface area (Å²) in [6.45, 7) is 4.72. The van der Waals surface area contributed by atoms with Gasteiger partial charge in [-0.2, -0.15) is 18.2 Å². The third-order valence-corrected chi connectivity index (χ3v) is 9.19. The fourth-order valence-corrected chi connectivity index (χ4v) is 6.39. The first-order valence-corrected chi connectivity index (χ1v) is 18.0. The molecule has 1 N–H and O–H groups in total. The van der Waals surface area contributed by atoms with Crippen molar-refractivity contribution in [1.29, 1.82) is 0 Å². The molecule has 0 aliphatic heterocycles. The maximum absolute atomic E-state index is 15.4. The molecule has 2 amide bonds. The summed E-state index contributed by atoms with van der Waals surface area (Å²) in [6.07, 6.45) is -10.7. The fourth-order valence-electron chi connectivity index (χ4n) is 5.41. The molecule has 5 rings (SSSR count). The molecular weight excluding hydrogens is 750 g/mol. The number of rotatable bonds is 12. The average Bonchev–Trinajstić information content (AvgIpc) is 3.63. The van der Waals surface area contributed by atoms with Crippen LogP contribution in [0.3, 0.4) is 0 Å². The minimum Gasteiger partial charge on any atom is -0.406 e. The van der Waals surface area contributed by atoms with Crippen molar-refractivity contribution >= 4 is 28.6 Å². The Morgan fingerprint density at radius 1 is 0.945 bits per heavy atom. The lowest BCUT2D eigenvalue weighted by atomic mass is 9.98. The third-order valence-electron chi connectivity index (χ3n) is 8.15. The SMILES string of the molecule is Cc1ccc(C(C)C)c(N(CCC(F)(F)F)C(=NC(=O)NCC(F)c2ccc(-c3ncn(-c4ccc(OC(F)(F)F)cc4)n3)cc2)SCc2ccccc2)c1. The van der Waals surface area contributed by atoms with Crippen LogP contribution in [0, 0.1) is 6.92 Å². The predicted octanol–water partition coefficient (Wildman–Crippen LogP) is 10.7.